The summed E-state index contributed by atoms with van der Waals surface area (Å²) in [6.07, 6.45) is 6.32. The average Bonchev–Trinajstić information content (AvgIpc) is 3.60. The van der Waals surface area contributed by atoms with Crippen molar-refractivity contribution in [1.82, 2.24) is 14.9 Å². The Morgan fingerprint density at radius 3 is 2.29 bits per heavy atom. The number of ether oxygens (including phenoxy) is 1. The molecule has 256 valence electrons. The minimum atomic E-state index is -0.898. The molecule has 0 aliphatic carbocycles. The van der Waals surface area contributed by atoms with Gasteiger partial charge in [-0.05, 0) is 66.0 Å². The van der Waals surface area contributed by atoms with Gasteiger partial charge >= 0.3 is 5.97 Å². The summed E-state index contributed by atoms with van der Waals surface area (Å²) in [5.41, 5.74) is 4.05. The van der Waals surface area contributed by atoms with E-state index in [1.54, 1.807) is 12.0 Å². The average molecular weight is 681 g/mol. The van der Waals surface area contributed by atoms with Crippen molar-refractivity contribution in [2.45, 2.75) is 57.8 Å². The van der Waals surface area contributed by atoms with Crippen LogP contribution in [0.1, 0.15) is 71.6 Å². The van der Waals surface area contributed by atoms with Crippen LogP contribution in [-0.4, -0.2) is 70.9 Å². The van der Waals surface area contributed by atoms with Gasteiger partial charge in [0.15, 0.2) is 11.6 Å². The topological polar surface area (TPSA) is 113 Å². The molecular formula is C39H44N4O5S. The van der Waals surface area contributed by atoms with E-state index < -0.39 is 17.8 Å². The van der Waals surface area contributed by atoms with Crippen LogP contribution in [0.5, 0.6) is 5.75 Å². The third-order valence-corrected chi connectivity index (χ3v) is 11.3. The van der Waals surface area contributed by atoms with E-state index >= 15 is 0 Å². The molecule has 49 heavy (non-hydrogen) atoms. The van der Waals surface area contributed by atoms with Crippen LogP contribution < -0.4 is 9.64 Å². The van der Waals surface area contributed by atoms with Gasteiger partial charge in [0.1, 0.15) is 5.75 Å². The fourth-order valence-corrected chi connectivity index (χ4v) is 7.62. The molecule has 2 aromatic heterocycles. The summed E-state index contributed by atoms with van der Waals surface area (Å²) in [4.78, 5) is 53.3. The zero-order valence-corrected chi connectivity index (χ0v) is 29.4. The van der Waals surface area contributed by atoms with Gasteiger partial charge in [-0.2, -0.15) is 0 Å². The van der Waals surface area contributed by atoms with E-state index in [1.165, 1.54) is 16.9 Å². The van der Waals surface area contributed by atoms with Crippen molar-refractivity contribution >= 4 is 34.7 Å². The third kappa shape index (κ3) is 8.02. The highest BCUT2D eigenvalue weighted by atomic mass is 32.1. The number of piperidine rings is 1. The Balaban J connectivity index is 1.09. The highest BCUT2D eigenvalue weighted by molar-refractivity contribution is 7.14. The molecule has 2 aliphatic rings. The molecule has 2 aliphatic heterocycles. The number of carbonyl (C=O) groups excluding carboxylic acids is 2. The molecule has 10 heteroatoms. The number of likely N-dealkylation sites (tertiary alicyclic amines) is 1. The summed E-state index contributed by atoms with van der Waals surface area (Å²) in [5, 5.41) is 9.33. The van der Waals surface area contributed by atoms with Gasteiger partial charge in [-0.25, -0.2) is 9.97 Å². The molecule has 4 aromatic rings. The van der Waals surface area contributed by atoms with Crippen LogP contribution in [0.4, 0.5) is 5.69 Å². The molecule has 1 amide bonds. The fourth-order valence-electron chi connectivity index (χ4n) is 6.61. The van der Waals surface area contributed by atoms with Crippen LogP contribution in [0.25, 0.3) is 11.4 Å². The maximum Gasteiger partial charge on any atom is 0.310 e. The first-order valence-electron chi connectivity index (χ1n) is 16.9. The summed E-state index contributed by atoms with van der Waals surface area (Å²) >= 11 is 1.48. The lowest BCUT2D eigenvalue weighted by Crippen LogP contribution is -2.55. The van der Waals surface area contributed by atoms with E-state index in [4.69, 9.17) is 4.74 Å². The van der Waals surface area contributed by atoms with E-state index in [1.807, 2.05) is 54.9 Å². The van der Waals surface area contributed by atoms with Gasteiger partial charge in [-0.3, -0.25) is 14.4 Å². The highest BCUT2D eigenvalue weighted by Crippen LogP contribution is 2.33. The maximum atomic E-state index is 13.6. The number of carbonyl (C=O) groups is 3. The number of anilines is 1. The summed E-state index contributed by atoms with van der Waals surface area (Å²) in [6, 6.07) is 20.0. The largest absolute Gasteiger partial charge is 0.497 e. The molecule has 0 saturated carbocycles. The first-order chi connectivity index (χ1) is 23.5. The van der Waals surface area contributed by atoms with Gasteiger partial charge in [0.25, 0.3) is 0 Å². The Bertz CT molecular complexity index is 1780. The fraction of sp³-hybridized carbons (Fsp3) is 0.410. The van der Waals surface area contributed by atoms with Gasteiger partial charge in [0, 0.05) is 49.0 Å². The molecule has 1 atom stereocenters. The van der Waals surface area contributed by atoms with E-state index in [0.29, 0.717) is 23.0 Å². The van der Waals surface area contributed by atoms with Crippen molar-refractivity contribution in [3.05, 3.63) is 93.9 Å². The van der Waals surface area contributed by atoms with Crippen molar-refractivity contribution < 1.29 is 24.2 Å². The van der Waals surface area contributed by atoms with Gasteiger partial charge < -0.3 is 19.6 Å². The molecule has 4 heterocycles. The monoisotopic (exact) mass is 680 g/mol. The summed E-state index contributed by atoms with van der Waals surface area (Å²) in [7, 11) is 1.70. The number of hydrogen-bond acceptors (Lipinski definition) is 8. The smallest absolute Gasteiger partial charge is 0.310 e. The normalized spacial score (nSPS) is 16.2. The molecule has 0 spiro atoms. The molecule has 2 fully saturated rings. The Morgan fingerprint density at radius 1 is 0.980 bits per heavy atom. The second-order valence-electron chi connectivity index (χ2n) is 14.2. The molecule has 0 unspecified atom stereocenters. The van der Waals surface area contributed by atoms with Crippen molar-refractivity contribution in [3.63, 3.8) is 0 Å². The highest BCUT2D eigenvalue weighted by Gasteiger charge is 2.39. The van der Waals surface area contributed by atoms with Crippen LogP contribution in [0.3, 0.4) is 0 Å². The number of aromatic nitrogens is 2. The second-order valence-corrected chi connectivity index (χ2v) is 15.3. The number of hydrogen-bond donors (Lipinski definition) is 1. The van der Waals surface area contributed by atoms with Crippen LogP contribution in [-0.2, 0) is 21.4 Å². The number of methoxy groups -OCH3 is 1. The van der Waals surface area contributed by atoms with Crippen molar-refractivity contribution in [2.75, 3.05) is 38.2 Å². The van der Waals surface area contributed by atoms with E-state index in [9.17, 15) is 19.5 Å². The SMILES string of the molecule is COc1cccc(C2CCN(c3cnc(-c4ccc(C[C@H](CC(=O)c5ccc(C(C)(C)C)s5)C(=O)N5CC(C(=O)O)C5)cc4)nc3)CC2)c1. The maximum absolute atomic E-state index is 13.6. The van der Waals surface area contributed by atoms with E-state index in [2.05, 4.69) is 53.8 Å². The standard InChI is InChI=1S/C39H44N4O5S/c1-39(2,3)35-13-12-34(49-35)33(44)20-29(37(45)43-23-30(24-43)38(46)47)18-25-8-10-27(11-9-25)36-40-21-31(22-41-36)42-16-14-26(15-17-42)28-6-5-7-32(19-28)48-4/h5-13,19,21-22,26,29-30H,14-18,20,23-24H2,1-4H3,(H,46,47)/t29-/m1/s1. The van der Waals surface area contributed by atoms with Crippen LogP contribution >= 0.6 is 11.3 Å². The lowest BCUT2D eigenvalue weighted by molar-refractivity contribution is -0.154. The number of aliphatic carboxylic acids is 1. The van der Waals surface area contributed by atoms with Gasteiger partial charge in [-0.15, -0.1) is 11.3 Å². The van der Waals surface area contributed by atoms with Crippen molar-refractivity contribution in [3.8, 4) is 17.1 Å². The number of rotatable bonds is 11. The number of Topliss-reactive ketones (excluding diaryl/α,β-unsaturated/α-hetero) is 1. The molecule has 6 rings (SSSR count). The lowest BCUT2D eigenvalue weighted by atomic mass is 9.89. The zero-order chi connectivity index (χ0) is 34.7. The Hall–Kier alpha value is -4.57. The Labute approximate surface area is 292 Å². The number of nitrogens with zero attached hydrogens (tertiary/aromatic N) is 4. The first-order valence-corrected chi connectivity index (χ1v) is 17.8. The number of carboxylic acids is 1. The molecular weight excluding hydrogens is 637 g/mol. The van der Waals surface area contributed by atoms with E-state index in [0.717, 1.165) is 53.4 Å². The number of amides is 1. The van der Waals surface area contributed by atoms with Gasteiger partial charge in [0.05, 0.1) is 36.0 Å². The summed E-state index contributed by atoms with van der Waals surface area (Å²) < 4.78 is 5.41. The quantitative estimate of drug-likeness (QED) is 0.171. The summed E-state index contributed by atoms with van der Waals surface area (Å²) in [5.74, 6) is -0.256. The number of ketones is 1. The van der Waals surface area contributed by atoms with Crippen LogP contribution in [0, 0.1) is 11.8 Å². The molecule has 2 aromatic carbocycles. The minimum Gasteiger partial charge on any atom is -0.497 e. The second kappa shape index (κ2) is 14.5. The predicted molar refractivity (Wildman–Crippen MR) is 192 cm³/mol. The van der Waals surface area contributed by atoms with Crippen LogP contribution in [0.15, 0.2) is 73.1 Å². The number of carboxylic acid groups (broad SMARTS) is 1. The summed E-state index contributed by atoms with van der Waals surface area (Å²) in [6.45, 7) is 8.55. The molecule has 2 saturated heterocycles. The van der Waals surface area contributed by atoms with Crippen LogP contribution in [0.2, 0.25) is 0 Å². The molecule has 0 radical (unpaired) electrons. The Morgan fingerprint density at radius 2 is 1.67 bits per heavy atom. The molecule has 0 bridgehead atoms. The van der Waals surface area contributed by atoms with Gasteiger partial charge in [-0.1, -0.05) is 57.2 Å². The minimum absolute atomic E-state index is 0.0659. The van der Waals surface area contributed by atoms with Crippen molar-refractivity contribution in [1.29, 1.82) is 0 Å². The Kier molecular flexibility index (Phi) is 10.2. The third-order valence-electron chi connectivity index (χ3n) is 9.70. The molecule has 9 nitrogen and oxygen atoms in total. The molecule has 1 N–H and O–H groups in total. The number of thiophene rings is 1. The first kappa shape index (κ1) is 34.3. The lowest BCUT2D eigenvalue weighted by Gasteiger charge is -2.38. The number of benzene rings is 2. The van der Waals surface area contributed by atoms with E-state index in [-0.39, 0.29) is 36.6 Å². The zero-order valence-electron chi connectivity index (χ0n) is 28.6. The van der Waals surface area contributed by atoms with Crippen molar-refractivity contribution in [2.24, 2.45) is 11.8 Å². The predicted octanol–water partition coefficient (Wildman–Crippen LogP) is 6.87. The van der Waals surface area contributed by atoms with Gasteiger partial charge in [0.2, 0.25) is 5.91 Å².